The maximum Gasteiger partial charge on any atom is 0.348 e. The number of hydrogen-bond donors (Lipinski definition) is 1. The van der Waals surface area contributed by atoms with E-state index in [9.17, 15) is 14.4 Å². The molecule has 0 aliphatic carbocycles. The van der Waals surface area contributed by atoms with Crippen LogP contribution in [0.2, 0.25) is 0 Å². The maximum absolute atomic E-state index is 12.6. The Hall–Kier alpha value is -2.79. The second-order valence-corrected chi connectivity index (χ2v) is 7.25. The number of nitrogen functional groups attached to an aromatic ring is 1. The van der Waals surface area contributed by atoms with E-state index < -0.39 is 24.5 Å². The van der Waals surface area contributed by atoms with Gasteiger partial charge in [0.25, 0.3) is 0 Å². The fourth-order valence-corrected chi connectivity index (χ4v) is 3.95. The Kier molecular flexibility index (Phi) is 7.46. The molecule has 0 fully saturated rings. The first-order valence-corrected chi connectivity index (χ1v) is 9.56. The number of benzene rings is 1. The number of carbonyl (C=O) groups excluding carboxylic acids is 3. The van der Waals surface area contributed by atoms with Crippen LogP contribution in [0.1, 0.15) is 36.0 Å². The van der Waals surface area contributed by atoms with E-state index in [-0.39, 0.29) is 26.6 Å². The van der Waals surface area contributed by atoms with Gasteiger partial charge in [-0.2, -0.15) is 0 Å². The van der Waals surface area contributed by atoms with Crippen molar-refractivity contribution in [2.24, 2.45) is 0 Å². The van der Waals surface area contributed by atoms with Crippen molar-refractivity contribution < 1.29 is 38.1 Å². The molecule has 1 heterocycles. The van der Waals surface area contributed by atoms with Crippen LogP contribution in [0.5, 0.6) is 11.5 Å². The predicted octanol–water partition coefficient (Wildman–Crippen LogP) is 3.04. The lowest BCUT2D eigenvalue weighted by Gasteiger charge is -2.12. The zero-order valence-electron chi connectivity index (χ0n) is 16.0. The molecule has 2 N–H and O–H groups in total. The highest BCUT2D eigenvalue weighted by Crippen LogP contribution is 2.36. The molecule has 0 spiro atoms. The van der Waals surface area contributed by atoms with Crippen molar-refractivity contribution in [2.75, 3.05) is 34.2 Å². The lowest BCUT2D eigenvalue weighted by molar-refractivity contribution is 0.0452. The van der Waals surface area contributed by atoms with Crippen LogP contribution in [0.15, 0.2) is 16.6 Å². The summed E-state index contributed by atoms with van der Waals surface area (Å²) < 4.78 is 25.7. The van der Waals surface area contributed by atoms with Crippen LogP contribution in [-0.2, 0) is 20.8 Å². The zero-order valence-corrected chi connectivity index (χ0v) is 18.4. The molecule has 0 unspecified atom stereocenters. The Morgan fingerprint density at radius 2 is 1.52 bits per heavy atom. The standard InChI is InChI=1S/C18H18BrNO8S/c1-24-10-5-8(6-11(25-2)13(10)19)16(21)28-7-9-12(17(22)26-3)15(20)29-14(9)18(23)27-4/h5-6H,7,20H2,1-4H3. The third kappa shape index (κ3) is 4.62. The molecule has 11 heteroatoms. The first kappa shape index (κ1) is 22.5. The minimum atomic E-state index is -0.757. The third-order valence-electron chi connectivity index (χ3n) is 3.82. The summed E-state index contributed by atoms with van der Waals surface area (Å²) in [6, 6.07) is 2.92. The van der Waals surface area contributed by atoms with Crippen molar-refractivity contribution in [2.45, 2.75) is 6.61 Å². The van der Waals surface area contributed by atoms with E-state index in [0.29, 0.717) is 16.0 Å². The highest BCUT2D eigenvalue weighted by atomic mass is 79.9. The number of esters is 3. The summed E-state index contributed by atoms with van der Waals surface area (Å²) in [6.45, 7) is -0.401. The SMILES string of the molecule is COC(=O)c1sc(N)c(C(=O)OC)c1COC(=O)c1cc(OC)c(Br)c(OC)c1. The van der Waals surface area contributed by atoms with Gasteiger partial charge in [-0.1, -0.05) is 0 Å². The van der Waals surface area contributed by atoms with Crippen LogP contribution in [0, 0.1) is 0 Å². The van der Waals surface area contributed by atoms with Gasteiger partial charge in [0.1, 0.15) is 38.0 Å². The largest absolute Gasteiger partial charge is 0.495 e. The first-order chi connectivity index (χ1) is 13.8. The van der Waals surface area contributed by atoms with E-state index in [2.05, 4.69) is 15.9 Å². The number of hydrogen-bond acceptors (Lipinski definition) is 10. The van der Waals surface area contributed by atoms with Gasteiger partial charge in [-0.15, -0.1) is 11.3 Å². The predicted molar refractivity (Wildman–Crippen MR) is 108 cm³/mol. The van der Waals surface area contributed by atoms with Crippen LogP contribution >= 0.6 is 27.3 Å². The first-order valence-electron chi connectivity index (χ1n) is 7.95. The van der Waals surface area contributed by atoms with Crippen LogP contribution in [0.25, 0.3) is 0 Å². The van der Waals surface area contributed by atoms with Crippen molar-refractivity contribution in [3.63, 3.8) is 0 Å². The number of carbonyl (C=O) groups is 3. The lowest BCUT2D eigenvalue weighted by atomic mass is 10.1. The van der Waals surface area contributed by atoms with Gasteiger partial charge in [0.05, 0.1) is 34.0 Å². The molecule has 0 aliphatic rings. The molecule has 9 nitrogen and oxygen atoms in total. The molecular formula is C18H18BrNO8S. The topological polar surface area (TPSA) is 123 Å². The molecule has 0 bridgehead atoms. The average Bonchev–Trinajstić information content (AvgIpc) is 3.06. The van der Waals surface area contributed by atoms with Crippen molar-refractivity contribution in [1.82, 2.24) is 0 Å². The summed E-state index contributed by atoms with van der Waals surface area (Å²) in [5, 5.41) is 0.0512. The fraction of sp³-hybridized carbons (Fsp3) is 0.278. The van der Waals surface area contributed by atoms with Gasteiger partial charge < -0.3 is 29.4 Å². The van der Waals surface area contributed by atoms with Gasteiger partial charge in [0.2, 0.25) is 0 Å². The van der Waals surface area contributed by atoms with Crippen LogP contribution in [0.3, 0.4) is 0 Å². The molecule has 2 aromatic rings. The second kappa shape index (κ2) is 9.61. The Morgan fingerprint density at radius 3 is 2.00 bits per heavy atom. The number of anilines is 1. The van der Waals surface area contributed by atoms with E-state index >= 15 is 0 Å². The number of ether oxygens (including phenoxy) is 5. The Morgan fingerprint density at radius 1 is 0.966 bits per heavy atom. The van der Waals surface area contributed by atoms with Gasteiger partial charge in [-0.3, -0.25) is 0 Å². The number of rotatable bonds is 7. The monoisotopic (exact) mass is 487 g/mol. The number of thiophene rings is 1. The van der Waals surface area contributed by atoms with Gasteiger partial charge in [0, 0.05) is 5.56 Å². The van der Waals surface area contributed by atoms with E-state index in [1.54, 1.807) is 0 Å². The average molecular weight is 488 g/mol. The van der Waals surface area contributed by atoms with Crippen molar-refractivity contribution >= 4 is 50.2 Å². The molecule has 29 heavy (non-hydrogen) atoms. The van der Waals surface area contributed by atoms with Crippen LogP contribution in [0.4, 0.5) is 5.00 Å². The van der Waals surface area contributed by atoms with E-state index in [1.165, 1.54) is 40.6 Å². The summed E-state index contributed by atoms with van der Waals surface area (Å²) in [6.07, 6.45) is 0. The quantitative estimate of drug-likeness (QED) is 0.463. The highest BCUT2D eigenvalue weighted by molar-refractivity contribution is 9.10. The van der Waals surface area contributed by atoms with Crippen molar-refractivity contribution in [3.8, 4) is 11.5 Å². The summed E-state index contributed by atoms with van der Waals surface area (Å²) in [5.74, 6) is -1.48. The van der Waals surface area contributed by atoms with E-state index in [0.717, 1.165) is 11.3 Å². The summed E-state index contributed by atoms with van der Waals surface area (Å²) in [5.41, 5.74) is 6.06. The Bertz CT molecular complexity index is 931. The van der Waals surface area contributed by atoms with Crippen molar-refractivity contribution in [1.29, 1.82) is 0 Å². The molecule has 1 aromatic carbocycles. The fourth-order valence-electron chi connectivity index (χ4n) is 2.41. The van der Waals surface area contributed by atoms with Crippen LogP contribution < -0.4 is 15.2 Å². The number of nitrogens with two attached hydrogens (primary N) is 1. The summed E-state index contributed by atoms with van der Waals surface area (Å²) in [7, 11) is 5.24. The van der Waals surface area contributed by atoms with Gasteiger partial charge >= 0.3 is 17.9 Å². The van der Waals surface area contributed by atoms with Gasteiger partial charge in [-0.05, 0) is 28.1 Å². The Balaban J connectivity index is 2.37. The van der Waals surface area contributed by atoms with E-state index in [1.807, 2.05) is 0 Å². The van der Waals surface area contributed by atoms with Gasteiger partial charge in [0.15, 0.2) is 0 Å². The second-order valence-electron chi connectivity index (χ2n) is 5.40. The molecule has 0 atom stereocenters. The molecule has 1 aromatic heterocycles. The van der Waals surface area contributed by atoms with E-state index in [4.69, 9.17) is 29.4 Å². The summed E-state index contributed by atoms with van der Waals surface area (Å²) in [4.78, 5) is 36.7. The molecule has 0 saturated carbocycles. The molecule has 0 saturated heterocycles. The molecule has 0 amide bonds. The molecule has 0 aliphatic heterocycles. The minimum Gasteiger partial charge on any atom is -0.495 e. The smallest absolute Gasteiger partial charge is 0.348 e. The zero-order chi connectivity index (χ0) is 21.7. The highest BCUT2D eigenvalue weighted by Gasteiger charge is 2.28. The molecule has 0 radical (unpaired) electrons. The molecule has 156 valence electrons. The van der Waals surface area contributed by atoms with Crippen LogP contribution in [-0.4, -0.2) is 46.3 Å². The Labute approximate surface area is 178 Å². The number of halogens is 1. The minimum absolute atomic E-state index is 0.0448. The van der Waals surface area contributed by atoms with Crippen molar-refractivity contribution in [3.05, 3.63) is 38.2 Å². The third-order valence-corrected chi connectivity index (χ3v) is 5.65. The number of methoxy groups -OCH3 is 4. The van der Waals surface area contributed by atoms with Gasteiger partial charge in [-0.25, -0.2) is 14.4 Å². The lowest BCUT2D eigenvalue weighted by Crippen LogP contribution is -2.13. The maximum atomic E-state index is 12.6. The molecule has 2 rings (SSSR count). The molecular weight excluding hydrogens is 470 g/mol. The normalized spacial score (nSPS) is 10.2. The summed E-state index contributed by atoms with van der Waals surface area (Å²) >= 11 is 4.16.